The van der Waals surface area contributed by atoms with Crippen molar-refractivity contribution in [1.29, 1.82) is 0 Å². The highest BCUT2D eigenvalue weighted by Gasteiger charge is 2.20. The first kappa shape index (κ1) is 25.4. The first-order valence-corrected chi connectivity index (χ1v) is 12.9. The summed E-state index contributed by atoms with van der Waals surface area (Å²) in [6, 6.07) is 20.3. The molecule has 0 aliphatic carbocycles. The van der Waals surface area contributed by atoms with E-state index in [1.54, 1.807) is 42.5 Å². The molecule has 0 unspecified atom stereocenters. The zero-order valence-corrected chi connectivity index (χ0v) is 21.0. The molecule has 0 aliphatic rings. The molecule has 0 saturated carbocycles. The Kier molecular flexibility index (Phi) is 7.46. The van der Waals surface area contributed by atoms with Gasteiger partial charge in [0.1, 0.15) is 5.82 Å². The molecule has 0 radical (unpaired) electrons. The molecule has 180 valence electrons. The van der Waals surface area contributed by atoms with Crippen LogP contribution in [0.2, 0.25) is 0 Å². The van der Waals surface area contributed by atoms with Crippen molar-refractivity contribution in [3.8, 4) is 0 Å². The van der Waals surface area contributed by atoms with Crippen LogP contribution in [0.5, 0.6) is 0 Å². The molecule has 0 fully saturated rings. The highest BCUT2D eigenvalue weighted by molar-refractivity contribution is 7.92. The summed E-state index contributed by atoms with van der Waals surface area (Å²) in [5, 5.41) is 2.98. The van der Waals surface area contributed by atoms with Crippen LogP contribution >= 0.6 is 0 Å². The van der Waals surface area contributed by atoms with E-state index in [2.05, 4.69) is 38.2 Å². The van der Waals surface area contributed by atoms with Crippen LogP contribution in [0.4, 0.5) is 10.1 Å². The third-order valence-electron chi connectivity index (χ3n) is 5.71. The molecule has 5 nitrogen and oxygen atoms in total. The van der Waals surface area contributed by atoms with Crippen LogP contribution in [0.15, 0.2) is 72.8 Å². The molecule has 1 atom stereocenters. The minimum atomic E-state index is -3.67. The van der Waals surface area contributed by atoms with Crippen molar-refractivity contribution in [2.24, 2.45) is 0 Å². The number of hydrogen-bond acceptors (Lipinski definition) is 3. The molecule has 3 aromatic carbocycles. The number of nitrogens with one attached hydrogen (secondary N) is 1. The summed E-state index contributed by atoms with van der Waals surface area (Å²) in [4.78, 5) is 12.8. The third-order valence-corrected chi connectivity index (χ3v) is 6.85. The quantitative estimate of drug-likeness (QED) is 0.478. The summed E-state index contributed by atoms with van der Waals surface area (Å²) < 4.78 is 40.0. The number of rotatable bonds is 7. The second kappa shape index (κ2) is 9.97. The fraction of sp³-hybridized carbons (Fsp3) is 0.296. The van der Waals surface area contributed by atoms with Gasteiger partial charge in [-0.05, 0) is 53.8 Å². The van der Waals surface area contributed by atoms with E-state index in [0.717, 1.165) is 16.1 Å². The maximum absolute atomic E-state index is 14.1. The molecular weight excluding hydrogens is 451 g/mol. The number of anilines is 1. The van der Waals surface area contributed by atoms with Crippen LogP contribution in [-0.4, -0.2) is 20.6 Å². The number of nitrogens with zero attached hydrogens (tertiary/aromatic N) is 1. The van der Waals surface area contributed by atoms with E-state index in [0.29, 0.717) is 11.3 Å². The van der Waals surface area contributed by atoms with E-state index < -0.39 is 15.8 Å². The molecular formula is C27H31FN2O3S. The predicted octanol–water partition coefficient (Wildman–Crippen LogP) is 5.58. The summed E-state index contributed by atoms with van der Waals surface area (Å²) in [6.45, 7) is 8.23. The van der Waals surface area contributed by atoms with Crippen LogP contribution in [-0.2, 0) is 22.0 Å². The topological polar surface area (TPSA) is 66.5 Å². The van der Waals surface area contributed by atoms with Gasteiger partial charge < -0.3 is 5.32 Å². The van der Waals surface area contributed by atoms with Gasteiger partial charge in [-0.1, -0.05) is 63.2 Å². The van der Waals surface area contributed by atoms with Crippen LogP contribution in [0.3, 0.4) is 0 Å². The fourth-order valence-corrected chi connectivity index (χ4v) is 4.47. The van der Waals surface area contributed by atoms with Gasteiger partial charge in [0, 0.05) is 11.1 Å². The molecule has 0 saturated heterocycles. The molecule has 0 aromatic heterocycles. The number of hydrogen-bond donors (Lipinski definition) is 1. The highest BCUT2D eigenvalue weighted by Crippen LogP contribution is 2.25. The summed E-state index contributed by atoms with van der Waals surface area (Å²) in [6.07, 6.45) is 1.07. The normalized spacial score (nSPS) is 12.8. The Morgan fingerprint density at radius 2 is 1.56 bits per heavy atom. The van der Waals surface area contributed by atoms with Gasteiger partial charge in [0.25, 0.3) is 5.91 Å². The Hall–Kier alpha value is -3.19. The van der Waals surface area contributed by atoms with E-state index in [4.69, 9.17) is 0 Å². The number of halogens is 1. The Morgan fingerprint density at radius 1 is 0.971 bits per heavy atom. The lowest BCUT2D eigenvalue weighted by molar-refractivity contribution is 0.0940. The van der Waals surface area contributed by atoms with Gasteiger partial charge in [-0.25, -0.2) is 12.8 Å². The van der Waals surface area contributed by atoms with Crippen LogP contribution in [0.1, 0.15) is 60.8 Å². The second-order valence-corrected chi connectivity index (χ2v) is 11.4. The Bertz CT molecular complexity index is 1250. The zero-order valence-electron chi connectivity index (χ0n) is 20.2. The van der Waals surface area contributed by atoms with Gasteiger partial charge >= 0.3 is 0 Å². The van der Waals surface area contributed by atoms with Crippen molar-refractivity contribution >= 4 is 21.6 Å². The largest absolute Gasteiger partial charge is 0.346 e. The molecule has 0 spiro atoms. The standard InChI is InChI=1S/C27H31FN2O3S/c1-19(20-10-14-23(15-11-20)27(2,3)4)29-26(31)21-12-16-24(17-13-21)30(34(5,32)33)18-22-8-6-7-9-25(22)28/h6-17,19H,18H2,1-5H3,(H,29,31)/t19-/m1/s1. The van der Waals surface area contributed by atoms with Crippen molar-refractivity contribution in [2.45, 2.75) is 45.7 Å². The average Bonchev–Trinajstić information content (AvgIpc) is 2.77. The molecule has 0 aliphatic heterocycles. The lowest BCUT2D eigenvalue weighted by atomic mass is 9.86. The molecule has 0 bridgehead atoms. The number of sulfonamides is 1. The van der Waals surface area contributed by atoms with E-state index in [1.165, 1.54) is 11.6 Å². The monoisotopic (exact) mass is 482 g/mol. The number of benzene rings is 3. The summed E-state index contributed by atoms with van der Waals surface area (Å²) in [7, 11) is -3.67. The summed E-state index contributed by atoms with van der Waals surface area (Å²) >= 11 is 0. The Labute approximate surface area is 201 Å². The highest BCUT2D eigenvalue weighted by atomic mass is 32.2. The third kappa shape index (κ3) is 6.23. The number of carbonyl (C=O) groups excluding carboxylic acids is 1. The predicted molar refractivity (Wildman–Crippen MR) is 135 cm³/mol. The van der Waals surface area contributed by atoms with Crippen molar-refractivity contribution in [3.05, 3.63) is 101 Å². The minimum absolute atomic E-state index is 0.0545. The molecule has 1 amide bonds. The SMILES string of the molecule is C[C@@H](NC(=O)c1ccc(N(Cc2ccccc2F)S(C)(=O)=O)cc1)c1ccc(C(C)(C)C)cc1. The molecule has 3 rings (SSSR count). The van der Waals surface area contributed by atoms with Gasteiger partial charge in [0.15, 0.2) is 0 Å². The molecule has 3 aromatic rings. The van der Waals surface area contributed by atoms with Crippen molar-refractivity contribution in [1.82, 2.24) is 5.32 Å². The van der Waals surface area contributed by atoms with Crippen LogP contribution in [0.25, 0.3) is 0 Å². The van der Waals surface area contributed by atoms with Crippen molar-refractivity contribution < 1.29 is 17.6 Å². The zero-order chi connectivity index (χ0) is 25.1. The number of carbonyl (C=O) groups is 1. The van der Waals surface area contributed by atoms with Crippen molar-refractivity contribution in [2.75, 3.05) is 10.6 Å². The van der Waals surface area contributed by atoms with Crippen LogP contribution in [0, 0.1) is 5.82 Å². The molecule has 0 heterocycles. The van der Waals surface area contributed by atoms with Gasteiger partial charge in [-0.2, -0.15) is 0 Å². The van der Waals surface area contributed by atoms with Gasteiger partial charge in [-0.15, -0.1) is 0 Å². The lowest BCUT2D eigenvalue weighted by Gasteiger charge is -2.23. The Balaban J connectivity index is 1.74. The first-order chi connectivity index (χ1) is 15.9. The molecule has 7 heteroatoms. The molecule has 34 heavy (non-hydrogen) atoms. The van der Waals surface area contributed by atoms with E-state index in [9.17, 15) is 17.6 Å². The van der Waals surface area contributed by atoms with Gasteiger partial charge in [0.05, 0.1) is 24.5 Å². The summed E-state index contributed by atoms with van der Waals surface area (Å²) in [5.41, 5.74) is 3.29. The molecule has 1 N–H and O–H groups in total. The summed E-state index contributed by atoms with van der Waals surface area (Å²) in [5.74, 6) is -0.740. The van der Waals surface area contributed by atoms with Gasteiger partial charge in [-0.3, -0.25) is 9.10 Å². The van der Waals surface area contributed by atoms with Gasteiger partial charge in [0.2, 0.25) is 10.0 Å². The maximum Gasteiger partial charge on any atom is 0.251 e. The van der Waals surface area contributed by atoms with Crippen LogP contribution < -0.4 is 9.62 Å². The second-order valence-electron chi connectivity index (χ2n) is 9.48. The maximum atomic E-state index is 14.1. The smallest absolute Gasteiger partial charge is 0.251 e. The van der Waals surface area contributed by atoms with E-state index >= 15 is 0 Å². The average molecular weight is 483 g/mol. The van der Waals surface area contributed by atoms with E-state index in [1.807, 2.05) is 19.1 Å². The minimum Gasteiger partial charge on any atom is -0.346 e. The number of amides is 1. The fourth-order valence-electron chi connectivity index (χ4n) is 3.60. The lowest BCUT2D eigenvalue weighted by Crippen LogP contribution is -2.30. The van der Waals surface area contributed by atoms with Crippen molar-refractivity contribution in [3.63, 3.8) is 0 Å². The first-order valence-electron chi connectivity index (χ1n) is 11.1. The Morgan fingerprint density at radius 3 is 2.09 bits per heavy atom. The van der Waals surface area contributed by atoms with E-state index in [-0.39, 0.29) is 29.5 Å².